The lowest BCUT2D eigenvalue weighted by atomic mass is 9.98. The molecular formula is C32H41ClN6O2. The van der Waals surface area contributed by atoms with Crippen molar-refractivity contribution in [3.63, 3.8) is 0 Å². The molecule has 2 aliphatic rings. The van der Waals surface area contributed by atoms with Crippen LogP contribution in [0.4, 0.5) is 4.79 Å². The number of pyridine rings is 1. The number of nitrogens with one attached hydrogen (secondary N) is 2. The zero-order chi connectivity index (χ0) is 29.1. The second kappa shape index (κ2) is 12.7. The van der Waals surface area contributed by atoms with Crippen LogP contribution in [0.5, 0.6) is 0 Å². The Morgan fingerprint density at radius 2 is 1.85 bits per heavy atom. The van der Waals surface area contributed by atoms with E-state index in [9.17, 15) is 9.59 Å². The van der Waals surface area contributed by atoms with E-state index in [2.05, 4.69) is 69.3 Å². The fourth-order valence-electron chi connectivity index (χ4n) is 6.48. The van der Waals surface area contributed by atoms with E-state index in [1.54, 1.807) is 6.07 Å². The number of aromatic amines is 1. The lowest BCUT2D eigenvalue weighted by Gasteiger charge is -2.41. The number of rotatable bonds is 9. The first-order chi connectivity index (χ1) is 19.7. The standard InChI is InChI=1S/C32H41ClN6O2/c1-21-19-29(33)36-23(3)30(21)31(40)35-16-12-22(2)37-17-13-26(14-18-37)39-28(25-9-6-5-7-10-25)20-38(32(39)41)24(4)27-11-8-15-34-27/h5-11,15,19,22,24,26,28,34H,12-14,16-18,20H2,1-4H3,(H,35,40). The minimum atomic E-state index is -0.104. The van der Waals surface area contributed by atoms with Gasteiger partial charge in [0, 0.05) is 50.2 Å². The first-order valence-electron chi connectivity index (χ1n) is 14.7. The summed E-state index contributed by atoms with van der Waals surface area (Å²) < 4.78 is 0. The Hall–Kier alpha value is -3.36. The van der Waals surface area contributed by atoms with Gasteiger partial charge in [-0.25, -0.2) is 9.78 Å². The molecule has 2 fully saturated rings. The van der Waals surface area contributed by atoms with Crippen molar-refractivity contribution in [1.82, 2.24) is 30.0 Å². The van der Waals surface area contributed by atoms with Crippen LogP contribution in [0.15, 0.2) is 54.7 Å². The number of nitrogens with zero attached hydrogens (tertiary/aromatic N) is 4. The molecule has 9 heteroatoms. The molecule has 0 spiro atoms. The molecular weight excluding hydrogens is 536 g/mol. The van der Waals surface area contributed by atoms with Gasteiger partial charge in [-0.15, -0.1) is 0 Å². The topological polar surface area (TPSA) is 84.6 Å². The molecule has 2 aliphatic heterocycles. The SMILES string of the molecule is Cc1cc(Cl)nc(C)c1C(=O)NCCC(C)N1CCC(N2C(=O)N(C(C)c3ccc[nH]3)CC2c2ccccc2)CC1. The molecule has 0 aliphatic carbocycles. The molecule has 3 aromatic rings. The van der Waals surface area contributed by atoms with Gasteiger partial charge in [-0.2, -0.15) is 0 Å². The van der Waals surface area contributed by atoms with Crippen LogP contribution in [0.2, 0.25) is 5.15 Å². The van der Waals surface area contributed by atoms with E-state index in [-0.39, 0.29) is 30.1 Å². The highest BCUT2D eigenvalue weighted by molar-refractivity contribution is 6.29. The fraction of sp³-hybridized carbons (Fsp3) is 0.469. The molecule has 0 saturated carbocycles. The zero-order valence-electron chi connectivity index (χ0n) is 24.4. The molecule has 4 heterocycles. The second-order valence-corrected chi connectivity index (χ2v) is 11.8. The maximum absolute atomic E-state index is 13.9. The third-order valence-electron chi connectivity index (χ3n) is 8.85. The molecule has 41 heavy (non-hydrogen) atoms. The number of hydrogen-bond acceptors (Lipinski definition) is 4. The number of amides is 3. The number of likely N-dealkylation sites (tertiary alicyclic amines) is 1. The van der Waals surface area contributed by atoms with E-state index >= 15 is 0 Å². The molecule has 3 amide bonds. The van der Waals surface area contributed by atoms with Crippen molar-refractivity contribution in [3.05, 3.63) is 88.0 Å². The van der Waals surface area contributed by atoms with E-state index in [4.69, 9.17) is 11.6 Å². The number of hydrogen-bond donors (Lipinski definition) is 2. The monoisotopic (exact) mass is 576 g/mol. The summed E-state index contributed by atoms with van der Waals surface area (Å²) in [6.45, 7) is 11.1. The molecule has 8 nitrogen and oxygen atoms in total. The average Bonchev–Trinajstić information content (AvgIpc) is 3.61. The number of carbonyl (C=O) groups is 2. The third kappa shape index (κ3) is 6.28. The Morgan fingerprint density at radius 1 is 1.12 bits per heavy atom. The Balaban J connectivity index is 1.18. The summed E-state index contributed by atoms with van der Waals surface area (Å²) in [6.07, 6.45) is 4.64. The number of piperidine rings is 1. The van der Waals surface area contributed by atoms with E-state index in [1.165, 1.54) is 5.56 Å². The van der Waals surface area contributed by atoms with Crippen LogP contribution in [0.25, 0.3) is 0 Å². The van der Waals surface area contributed by atoms with E-state index in [0.29, 0.717) is 35.5 Å². The largest absolute Gasteiger partial charge is 0.363 e. The van der Waals surface area contributed by atoms with Gasteiger partial charge in [0.1, 0.15) is 5.15 Å². The van der Waals surface area contributed by atoms with E-state index in [0.717, 1.165) is 43.6 Å². The van der Waals surface area contributed by atoms with Gasteiger partial charge in [0.25, 0.3) is 5.91 Å². The summed E-state index contributed by atoms with van der Waals surface area (Å²) in [5.41, 5.74) is 4.33. The molecule has 2 aromatic heterocycles. The van der Waals surface area contributed by atoms with Crippen molar-refractivity contribution in [2.45, 2.75) is 71.1 Å². The summed E-state index contributed by atoms with van der Waals surface area (Å²) in [5, 5.41) is 3.48. The molecule has 218 valence electrons. The molecule has 3 atom stereocenters. The molecule has 3 unspecified atom stereocenters. The van der Waals surface area contributed by atoms with Crippen LogP contribution in [0, 0.1) is 13.8 Å². The van der Waals surface area contributed by atoms with Gasteiger partial charge in [0.2, 0.25) is 0 Å². The van der Waals surface area contributed by atoms with Gasteiger partial charge in [0.05, 0.1) is 23.3 Å². The quantitative estimate of drug-likeness (QED) is 0.311. The summed E-state index contributed by atoms with van der Waals surface area (Å²) in [4.78, 5) is 40.9. The number of aryl methyl sites for hydroxylation is 2. The van der Waals surface area contributed by atoms with Gasteiger partial charge in [0.15, 0.2) is 0 Å². The zero-order valence-corrected chi connectivity index (χ0v) is 25.2. The summed E-state index contributed by atoms with van der Waals surface area (Å²) in [6, 6.07) is 16.9. The molecule has 1 aromatic carbocycles. The van der Waals surface area contributed by atoms with Crippen molar-refractivity contribution in [3.8, 4) is 0 Å². The normalized spacial score (nSPS) is 19.9. The lowest BCUT2D eigenvalue weighted by Crippen LogP contribution is -2.49. The smallest absolute Gasteiger partial charge is 0.321 e. The van der Waals surface area contributed by atoms with Crippen LogP contribution < -0.4 is 5.32 Å². The number of benzene rings is 1. The van der Waals surface area contributed by atoms with Crippen molar-refractivity contribution in [2.24, 2.45) is 0 Å². The van der Waals surface area contributed by atoms with Crippen molar-refractivity contribution < 1.29 is 9.59 Å². The molecule has 0 radical (unpaired) electrons. The summed E-state index contributed by atoms with van der Waals surface area (Å²) in [5.74, 6) is -0.104. The number of H-pyrrole nitrogens is 1. The molecule has 5 rings (SSSR count). The average molecular weight is 577 g/mol. The first-order valence-corrected chi connectivity index (χ1v) is 15.1. The number of urea groups is 1. The summed E-state index contributed by atoms with van der Waals surface area (Å²) >= 11 is 6.03. The highest BCUT2D eigenvalue weighted by Gasteiger charge is 2.44. The molecule has 0 bridgehead atoms. The third-order valence-corrected chi connectivity index (χ3v) is 9.05. The Kier molecular flexibility index (Phi) is 9.00. The van der Waals surface area contributed by atoms with Gasteiger partial charge in [-0.05, 0) is 76.3 Å². The van der Waals surface area contributed by atoms with Crippen LogP contribution in [-0.4, -0.2) is 74.9 Å². The number of aromatic nitrogens is 2. The predicted molar refractivity (Wildman–Crippen MR) is 162 cm³/mol. The van der Waals surface area contributed by atoms with Crippen LogP contribution in [-0.2, 0) is 0 Å². The number of carbonyl (C=O) groups excluding carboxylic acids is 2. The lowest BCUT2D eigenvalue weighted by molar-refractivity contribution is 0.0882. The molecule has 2 saturated heterocycles. The van der Waals surface area contributed by atoms with Gasteiger partial charge in [-0.1, -0.05) is 41.9 Å². The minimum Gasteiger partial charge on any atom is -0.363 e. The Bertz CT molecular complexity index is 1320. The number of halogens is 1. The van der Waals surface area contributed by atoms with Crippen LogP contribution in [0.3, 0.4) is 0 Å². The van der Waals surface area contributed by atoms with Gasteiger partial charge in [-0.3, -0.25) is 4.79 Å². The Morgan fingerprint density at radius 3 is 2.51 bits per heavy atom. The van der Waals surface area contributed by atoms with E-state index in [1.807, 2.05) is 37.1 Å². The van der Waals surface area contributed by atoms with Crippen LogP contribution >= 0.6 is 11.6 Å². The highest BCUT2D eigenvalue weighted by atomic mass is 35.5. The van der Waals surface area contributed by atoms with Crippen LogP contribution in [0.1, 0.15) is 78.1 Å². The van der Waals surface area contributed by atoms with Crippen molar-refractivity contribution in [2.75, 3.05) is 26.2 Å². The van der Waals surface area contributed by atoms with Crippen molar-refractivity contribution in [1.29, 1.82) is 0 Å². The Labute approximate surface area is 248 Å². The second-order valence-electron chi connectivity index (χ2n) is 11.5. The van der Waals surface area contributed by atoms with Gasteiger partial charge < -0.3 is 25.0 Å². The highest BCUT2D eigenvalue weighted by Crippen LogP contribution is 2.38. The predicted octanol–water partition coefficient (Wildman–Crippen LogP) is 5.89. The van der Waals surface area contributed by atoms with Crippen molar-refractivity contribution >= 4 is 23.5 Å². The minimum absolute atomic E-state index is 0.0136. The maximum Gasteiger partial charge on any atom is 0.321 e. The first kappa shape index (κ1) is 29.1. The fourth-order valence-corrected chi connectivity index (χ4v) is 6.77. The maximum atomic E-state index is 13.9. The van der Waals surface area contributed by atoms with E-state index < -0.39 is 0 Å². The molecule has 2 N–H and O–H groups in total. The van der Waals surface area contributed by atoms with Gasteiger partial charge >= 0.3 is 6.03 Å². The summed E-state index contributed by atoms with van der Waals surface area (Å²) in [7, 11) is 0.